The number of carboxylic acids is 1. The molecule has 6 nitrogen and oxygen atoms in total. The molecule has 1 aromatic rings. The fourth-order valence-electron chi connectivity index (χ4n) is 1.77. The van der Waals surface area contributed by atoms with Gasteiger partial charge in [0.1, 0.15) is 11.5 Å². The summed E-state index contributed by atoms with van der Waals surface area (Å²) in [6.07, 6.45) is 0.659. The van der Waals surface area contributed by atoms with E-state index < -0.39 is 11.9 Å². The summed E-state index contributed by atoms with van der Waals surface area (Å²) < 4.78 is 4.93. The molecule has 0 aliphatic heterocycles. The summed E-state index contributed by atoms with van der Waals surface area (Å²) in [5.41, 5.74) is 0.135. The highest BCUT2D eigenvalue weighted by atomic mass is 16.5. The fraction of sp³-hybridized carbons (Fsp3) is 0.429. The van der Waals surface area contributed by atoms with Gasteiger partial charge in [-0.3, -0.25) is 9.59 Å². The molecule has 1 unspecified atom stereocenters. The van der Waals surface area contributed by atoms with E-state index in [9.17, 15) is 14.7 Å². The molecular weight excluding hydrogens is 262 g/mol. The molecule has 0 aliphatic rings. The number of aromatic hydroxyl groups is 1. The molecule has 20 heavy (non-hydrogen) atoms. The van der Waals surface area contributed by atoms with Crippen LogP contribution >= 0.6 is 0 Å². The summed E-state index contributed by atoms with van der Waals surface area (Å²) in [6, 6.07) is 4.38. The van der Waals surface area contributed by atoms with Crippen LogP contribution in [0.25, 0.3) is 0 Å². The topological polar surface area (TPSA) is 95.9 Å². The number of phenolic OH excluding ortho intramolecular Hbond substituents is 1. The third-order valence-electron chi connectivity index (χ3n) is 3.04. The Kier molecular flexibility index (Phi) is 5.83. The minimum Gasteiger partial charge on any atom is -0.507 e. The zero-order valence-corrected chi connectivity index (χ0v) is 11.5. The van der Waals surface area contributed by atoms with Gasteiger partial charge in [0.25, 0.3) is 5.91 Å². The molecule has 0 aromatic heterocycles. The molecule has 0 radical (unpaired) electrons. The van der Waals surface area contributed by atoms with Gasteiger partial charge in [0, 0.05) is 19.0 Å². The molecule has 0 heterocycles. The zero-order valence-electron chi connectivity index (χ0n) is 11.5. The Balaban J connectivity index is 2.64. The summed E-state index contributed by atoms with van der Waals surface area (Å²) in [4.78, 5) is 22.6. The molecule has 110 valence electrons. The van der Waals surface area contributed by atoms with E-state index in [-0.39, 0.29) is 30.2 Å². The van der Waals surface area contributed by atoms with Crippen LogP contribution in [0.2, 0.25) is 0 Å². The number of hydrogen-bond donors (Lipinski definition) is 3. The van der Waals surface area contributed by atoms with Crippen molar-refractivity contribution in [2.24, 2.45) is 5.92 Å². The summed E-state index contributed by atoms with van der Waals surface area (Å²) in [6.45, 7) is 2.12. The molecule has 0 saturated carbocycles. The Hall–Kier alpha value is -2.24. The Morgan fingerprint density at radius 1 is 1.40 bits per heavy atom. The molecule has 0 fully saturated rings. The van der Waals surface area contributed by atoms with E-state index in [0.717, 1.165) is 0 Å². The SMILES string of the molecule is CCC(CNC(=O)c1ccc(OC)cc1O)CC(=O)O. The number of aliphatic carboxylic acids is 1. The second kappa shape index (κ2) is 7.37. The maximum absolute atomic E-state index is 11.9. The normalized spacial score (nSPS) is 11.7. The third-order valence-corrected chi connectivity index (χ3v) is 3.04. The lowest BCUT2D eigenvalue weighted by atomic mass is 10.0. The molecule has 0 bridgehead atoms. The van der Waals surface area contributed by atoms with Crippen molar-refractivity contribution in [2.45, 2.75) is 19.8 Å². The lowest BCUT2D eigenvalue weighted by molar-refractivity contribution is -0.138. The van der Waals surface area contributed by atoms with Crippen LogP contribution in [0.5, 0.6) is 11.5 Å². The minimum atomic E-state index is -0.890. The van der Waals surface area contributed by atoms with Gasteiger partial charge in [-0.2, -0.15) is 0 Å². The van der Waals surface area contributed by atoms with Gasteiger partial charge in [-0.15, -0.1) is 0 Å². The molecular formula is C14H19NO5. The van der Waals surface area contributed by atoms with Crippen molar-refractivity contribution in [3.05, 3.63) is 23.8 Å². The summed E-state index contributed by atoms with van der Waals surface area (Å²) in [5, 5.41) is 21.1. The van der Waals surface area contributed by atoms with Gasteiger partial charge < -0.3 is 20.3 Å². The van der Waals surface area contributed by atoms with E-state index in [1.807, 2.05) is 6.92 Å². The average Bonchev–Trinajstić information content (AvgIpc) is 2.42. The number of rotatable bonds is 7. The standard InChI is InChI=1S/C14H19NO5/c1-3-9(6-13(17)18)8-15-14(19)11-5-4-10(20-2)7-12(11)16/h4-5,7,9,16H,3,6,8H2,1-2H3,(H,15,19)(H,17,18). The van der Waals surface area contributed by atoms with Gasteiger partial charge in [0.15, 0.2) is 0 Å². The summed E-state index contributed by atoms with van der Waals surface area (Å²) in [7, 11) is 1.46. The van der Waals surface area contributed by atoms with Gasteiger partial charge in [-0.1, -0.05) is 13.3 Å². The van der Waals surface area contributed by atoms with Crippen LogP contribution in [0.3, 0.4) is 0 Å². The van der Waals surface area contributed by atoms with Crippen molar-refractivity contribution in [2.75, 3.05) is 13.7 Å². The monoisotopic (exact) mass is 281 g/mol. The largest absolute Gasteiger partial charge is 0.507 e. The fourth-order valence-corrected chi connectivity index (χ4v) is 1.77. The quantitative estimate of drug-likeness (QED) is 0.706. The number of hydrogen-bond acceptors (Lipinski definition) is 4. The molecule has 1 aromatic carbocycles. The first-order valence-electron chi connectivity index (χ1n) is 6.34. The molecule has 0 aliphatic carbocycles. The number of carboxylic acid groups (broad SMARTS) is 1. The number of benzene rings is 1. The smallest absolute Gasteiger partial charge is 0.303 e. The maximum atomic E-state index is 11.9. The van der Waals surface area contributed by atoms with E-state index in [1.54, 1.807) is 6.07 Å². The van der Waals surface area contributed by atoms with Gasteiger partial charge >= 0.3 is 5.97 Å². The number of carbonyl (C=O) groups is 2. The maximum Gasteiger partial charge on any atom is 0.303 e. The van der Waals surface area contributed by atoms with E-state index in [0.29, 0.717) is 12.2 Å². The first-order chi connectivity index (χ1) is 9.47. The van der Waals surface area contributed by atoms with E-state index in [4.69, 9.17) is 9.84 Å². The first kappa shape index (κ1) is 15.8. The number of methoxy groups -OCH3 is 1. The van der Waals surface area contributed by atoms with Crippen LogP contribution in [0, 0.1) is 5.92 Å². The van der Waals surface area contributed by atoms with E-state index >= 15 is 0 Å². The Morgan fingerprint density at radius 3 is 2.60 bits per heavy atom. The number of amides is 1. The second-order valence-electron chi connectivity index (χ2n) is 4.47. The number of phenols is 1. The van der Waals surface area contributed by atoms with Crippen LogP contribution in [-0.4, -0.2) is 35.7 Å². The predicted molar refractivity (Wildman–Crippen MR) is 73.0 cm³/mol. The van der Waals surface area contributed by atoms with Gasteiger partial charge in [0.05, 0.1) is 12.7 Å². The predicted octanol–water partition coefficient (Wildman–Crippen LogP) is 1.63. The van der Waals surface area contributed by atoms with Crippen molar-refractivity contribution < 1.29 is 24.5 Å². The third kappa shape index (κ3) is 4.46. The highest BCUT2D eigenvalue weighted by Crippen LogP contribution is 2.23. The highest BCUT2D eigenvalue weighted by Gasteiger charge is 2.15. The molecule has 6 heteroatoms. The first-order valence-corrected chi connectivity index (χ1v) is 6.34. The lowest BCUT2D eigenvalue weighted by Crippen LogP contribution is -2.30. The van der Waals surface area contributed by atoms with Crippen molar-refractivity contribution in [1.82, 2.24) is 5.32 Å². The molecule has 0 spiro atoms. The minimum absolute atomic E-state index is 0.00533. The van der Waals surface area contributed by atoms with Crippen molar-refractivity contribution in [1.29, 1.82) is 0 Å². The Labute approximate surface area is 117 Å². The van der Waals surface area contributed by atoms with Crippen LogP contribution in [-0.2, 0) is 4.79 Å². The van der Waals surface area contributed by atoms with Gasteiger partial charge in [0.2, 0.25) is 0 Å². The van der Waals surface area contributed by atoms with Crippen LogP contribution < -0.4 is 10.1 Å². The average molecular weight is 281 g/mol. The van der Waals surface area contributed by atoms with Crippen molar-refractivity contribution >= 4 is 11.9 Å². The number of ether oxygens (including phenoxy) is 1. The van der Waals surface area contributed by atoms with Crippen LogP contribution in [0.1, 0.15) is 30.1 Å². The highest BCUT2D eigenvalue weighted by molar-refractivity contribution is 5.97. The number of nitrogens with one attached hydrogen (secondary N) is 1. The van der Waals surface area contributed by atoms with Gasteiger partial charge in [-0.05, 0) is 18.1 Å². The summed E-state index contributed by atoms with van der Waals surface area (Å²) >= 11 is 0. The van der Waals surface area contributed by atoms with Crippen LogP contribution in [0.15, 0.2) is 18.2 Å². The van der Waals surface area contributed by atoms with Crippen LogP contribution in [0.4, 0.5) is 0 Å². The second-order valence-corrected chi connectivity index (χ2v) is 4.47. The molecule has 3 N–H and O–H groups in total. The van der Waals surface area contributed by atoms with Crippen molar-refractivity contribution in [3.63, 3.8) is 0 Å². The Bertz CT molecular complexity index is 486. The molecule has 1 rings (SSSR count). The molecule has 1 atom stereocenters. The van der Waals surface area contributed by atoms with Crippen molar-refractivity contribution in [3.8, 4) is 11.5 Å². The summed E-state index contributed by atoms with van der Waals surface area (Å²) in [5.74, 6) is -1.17. The zero-order chi connectivity index (χ0) is 15.1. The van der Waals surface area contributed by atoms with E-state index in [1.165, 1.54) is 19.2 Å². The Morgan fingerprint density at radius 2 is 2.10 bits per heavy atom. The molecule has 0 saturated heterocycles. The van der Waals surface area contributed by atoms with Gasteiger partial charge in [-0.25, -0.2) is 0 Å². The lowest BCUT2D eigenvalue weighted by Gasteiger charge is -2.14. The molecule has 1 amide bonds. The van der Waals surface area contributed by atoms with E-state index in [2.05, 4.69) is 5.32 Å². The number of carbonyl (C=O) groups excluding carboxylic acids is 1.